The van der Waals surface area contributed by atoms with Crippen molar-refractivity contribution in [2.75, 3.05) is 6.54 Å². The lowest BCUT2D eigenvalue weighted by Gasteiger charge is -1.97. The first kappa shape index (κ1) is 10.6. The SMILES string of the molecule is C=C(CCN)c1cc2nc(Cl)ccc2s1. The minimum atomic E-state index is 0.524. The molecule has 78 valence electrons. The van der Waals surface area contributed by atoms with Crippen LogP contribution in [0.4, 0.5) is 0 Å². The minimum absolute atomic E-state index is 0.524. The maximum atomic E-state index is 5.82. The van der Waals surface area contributed by atoms with E-state index < -0.39 is 0 Å². The van der Waals surface area contributed by atoms with Gasteiger partial charge in [-0.1, -0.05) is 18.2 Å². The largest absolute Gasteiger partial charge is 0.330 e. The van der Waals surface area contributed by atoms with Crippen molar-refractivity contribution in [1.29, 1.82) is 0 Å². The zero-order chi connectivity index (χ0) is 10.8. The van der Waals surface area contributed by atoms with E-state index in [0.717, 1.165) is 27.1 Å². The van der Waals surface area contributed by atoms with Crippen LogP contribution >= 0.6 is 22.9 Å². The summed E-state index contributed by atoms with van der Waals surface area (Å²) in [6.45, 7) is 4.63. The number of nitrogens with two attached hydrogens (primary N) is 1. The van der Waals surface area contributed by atoms with Crippen LogP contribution in [0.25, 0.3) is 15.8 Å². The molecule has 2 N–H and O–H groups in total. The van der Waals surface area contributed by atoms with E-state index in [-0.39, 0.29) is 0 Å². The summed E-state index contributed by atoms with van der Waals surface area (Å²) in [5, 5.41) is 0.524. The third kappa shape index (κ3) is 2.20. The number of thiophene rings is 1. The Morgan fingerprint density at radius 2 is 2.33 bits per heavy atom. The first-order valence-corrected chi connectivity index (χ1v) is 5.84. The highest BCUT2D eigenvalue weighted by Gasteiger charge is 2.05. The molecule has 2 aromatic rings. The maximum absolute atomic E-state index is 5.82. The number of rotatable bonds is 3. The van der Waals surface area contributed by atoms with Gasteiger partial charge in [0, 0.05) is 4.88 Å². The minimum Gasteiger partial charge on any atom is -0.330 e. The van der Waals surface area contributed by atoms with Gasteiger partial charge in [0.2, 0.25) is 0 Å². The molecule has 0 radical (unpaired) electrons. The van der Waals surface area contributed by atoms with Gasteiger partial charge in [0.05, 0.1) is 10.2 Å². The third-order valence-electron chi connectivity index (χ3n) is 2.13. The van der Waals surface area contributed by atoms with Crippen molar-refractivity contribution in [2.24, 2.45) is 5.73 Å². The van der Waals surface area contributed by atoms with Gasteiger partial charge in [-0.3, -0.25) is 0 Å². The average molecular weight is 239 g/mol. The lowest BCUT2D eigenvalue weighted by Crippen LogP contribution is -1.98. The molecule has 0 fully saturated rings. The molecule has 0 aliphatic rings. The molecule has 2 rings (SSSR count). The van der Waals surface area contributed by atoms with E-state index in [0.29, 0.717) is 11.7 Å². The monoisotopic (exact) mass is 238 g/mol. The van der Waals surface area contributed by atoms with Crippen molar-refractivity contribution in [2.45, 2.75) is 6.42 Å². The average Bonchev–Trinajstić information content (AvgIpc) is 2.60. The Morgan fingerprint density at radius 3 is 3.07 bits per heavy atom. The summed E-state index contributed by atoms with van der Waals surface area (Å²) in [5.41, 5.74) is 7.49. The third-order valence-corrected chi connectivity index (χ3v) is 3.54. The van der Waals surface area contributed by atoms with Gasteiger partial charge < -0.3 is 5.73 Å². The molecule has 2 nitrogen and oxygen atoms in total. The molecule has 0 aromatic carbocycles. The summed E-state index contributed by atoms with van der Waals surface area (Å²) in [7, 11) is 0. The molecule has 2 aromatic heterocycles. The van der Waals surface area contributed by atoms with Gasteiger partial charge in [-0.2, -0.15) is 0 Å². The van der Waals surface area contributed by atoms with E-state index in [4.69, 9.17) is 17.3 Å². The van der Waals surface area contributed by atoms with E-state index in [9.17, 15) is 0 Å². The molecule has 0 saturated carbocycles. The zero-order valence-corrected chi connectivity index (χ0v) is 9.74. The molecule has 4 heteroatoms. The number of nitrogens with zero attached hydrogens (tertiary/aromatic N) is 1. The first-order chi connectivity index (χ1) is 7.20. The Morgan fingerprint density at radius 1 is 1.53 bits per heavy atom. The fraction of sp³-hybridized carbons (Fsp3) is 0.182. The molecule has 0 amide bonds. The summed E-state index contributed by atoms with van der Waals surface area (Å²) in [6, 6.07) is 5.80. The van der Waals surface area contributed by atoms with Gasteiger partial charge >= 0.3 is 0 Å². The van der Waals surface area contributed by atoms with E-state index in [1.54, 1.807) is 17.4 Å². The fourth-order valence-electron chi connectivity index (χ4n) is 1.37. The predicted octanol–water partition coefficient (Wildman–Crippen LogP) is 3.31. The lowest BCUT2D eigenvalue weighted by molar-refractivity contribution is 1.03. The maximum Gasteiger partial charge on any atom is 0.129 e. The van der Waals surface area contributed by atoms with Crippen LogP contribution in [-0.4, -0.2) is 11.5 Å². The Kier molecular flexibility index (Phi) is 3.05. The molecular formula is C11H11ClN2S. The van der Waals surface area contributed by atoms with E-state index in [1.165, 1.54) is 0 Å². The molecule has 0 unspecified atom stereocenters. The van der Waals surface area contributed by atoms with Gasteiger partial charge in [0.15, 0.2) is 0 Å². The van der Waals surface area contributed by atoms with Crippen LogP contribution in [-0.2, 0) is 0 Å². The lowest BCUT2D eigenvalue weighted by atomic mass is 10.2. The summed E-state index contributed by atoms with van der Waals surface area (Å²) < 4.78 is 1.13. The standard InChI is InChI=1S/C11H11ClN2S/c1-7(4-5-13)10-6-8-9(15-10)2-3-11(12)14-8/h2-3,6H,1,4-5,13H2. The Balaban J connectivity index is 2.42. The van der Waals surface area contributed by atoms with Crippen LogP contribution < -0.4 is 5.73 Å². The second-order valence-corrected chi connectivity index (χ2v) is 4.74. The Labute approximate surface area is 97.4 Å². The molecule has 0 atom stereocenters. The Bertz CT molecular complexity index is 504. The molecular weight excluding hydrogens is 228 g/mol. The van der Waals surface area contributed by atoms with Crippen molar-refractivity contribution >= 4 is 38.7 Å². The van der Waals surface area contributed by atoms with Crippen LogP contribution in [0.3, 0.4) is 0 Å². The second-order valence-electron chi connectivity index (χ2n) is 3.27. The van der Waals surface area contributed by atoms with Crippen molar-refractivity contribution in [3.8, 4) is 0 Å². The summed E-state index contributed by atoms with van der Waals surface area (Å²) in [5.74, 6) is 0. The van der Waals surface area contributed by atoms with Crippen LogP contribution in [0.2, 0.25) is 5.15 Å². The molecule has 0 aliphatic carbocycles. The van der Waals surface area contributed by atoms with Crippen molar-refractivity contribution in [3.05, 3.63) is 34.8 Å². The van der Waals surface area contributed by atoms with Gasteiger partial charge in [0.25, 0.3) is 0 Å². The highest BCUT2D eigenvalue weighted by molar-refractivity contribution is 7.20. The summed E-state index contributed by atoms with van der Waals surface area (Å²) >= 11 is 7.50. The number of aromatic nitrogens is 1. The van der Waals surface area contributed by atoms with Crippen LogP contribution in [0.15, 0.2) is 24.8 Å². The highest BCUT2D eigenvalue weighted by atomic mass is 35.5. The highest BCUT2D eigenvalue weighted by Crippen LogP contribution is 2.30. The Hall–Kier alpha value is -0.900. The summed E-state index contributed by atoms with van der Waals surface area (Å²) in [6.07, 6.45) is 0.820. The van der Waals surface area contributed by atoms with Crippen LogP contribution in [0.5, 0.6) is 0 Å². The van der Waals surface area contributed by atoms with E-state index in [1.807, 2.05) is 12.1 Å². The number of hydrogen-bond donors (Lipinski definition) is 1. The van der Waals surface area contributed by atoms with Crippen molar-refractivity contribution < 1.29 is 0 Å². The fourth-order valence-corrected chi connectivity index (χ4v) is 2.52. The van der Waals surface area contributed by atoms with Crippen LogP contribution in [0.1, 0.15) is 11.3 Å². The second kappa shape index (κ2) is 4.31. The summed E-state index contributed by atoms with van der Waals surface area (Å²) in [4.78, 5) is 5.39. The normalized spacial score (nSPS) is 10.8. The van der Waals surface area contributed by atoms with E-state index in [2.05, 4.69) is 11.6 Å². The number of pyridine rings is 1. The topological polar surface area (TPSA) is 38.9 Å². The molecule has 0 saturated heterocycles. The van der Waals surface area contributed by atoms with Gasteiger partial charge in [-0.15, -0.1) is 11.3 Å². The zero-order valence-electron chi connectivity index (χ0n) is 8.16. The molecule has 0 aliphatic heterocycles. The first-order valence-electron chi connectivity index (χ1n) is 4.65. The van der Waals surface area contributed by atoms with Crippen LogP contribution in [0, 0.1) is 0 Å². The smallest absolute Gasteiger partial charge is 0.129 e. The molecule has 15 heavy (non-hydrogen) atoms. The van der Waals surface area contributed by atoms with Gasteiger partial charge in [-0.25, -0.2) is 4.98 Å². The van der Waals surface area contributed by atoms with Gasteiger partial charge in [-0.05, 0) is 36.7 Å². The number of hydrogen-bond acceptors (Lipinski definition) is 3. The number of fused-ring (bicyclic) bond motifs is 1. The van der Waals surface area contributed by atoms with Crippen molar-refractivity contribution in [1.82, 2.24) is 4.98 Å². The number of halogens is 1. The van der Waals surface area contributed by atoms with Gasteiger partial charge in [0.1, 0.15) is 5.15 Å². The quantitative estimate of drug-likeness (QED) is 0.834. The van der Waals surface area contributed by atoms with Crippen molar-refractivity contribution in [3.63, 3.8) is 0 Å². The molecule has 0 spiro atoms. The molecule has 2 heterocycles. The predicted molar refractivity (Wildman–Crippen MR) is 67.3 cm³/mol. The molecule has 0 bridgehead atoms. The van der Waals surface area contributed by atoms with E-state index >= 15 is 0 Å².